The Balaban J connectivity index is 2.41. The van der Waals surface area contributed by atoms with Gasteiger partial charge in [0.15, 0.2) is 11.6 Å². The highest BCUT2D eigenvalue weighted by Crippen LogP contribution is 2.30. The van der Waals surface area contributed by atoms with Gasteiger partial charge in [-0.1, -0.05) is 11.8 Å². The molecule has 1 aromatic heterocycles. The molecule has 19 heavy (non-hydrogen) atoms. The fourth-order valence-electron chi connectivity index (χ4n) is 1.44. The molecule has 2 rings (SSSR count). The maximum Gasteiger partial charge on any atom is 0.159 e. The van der Waals surface area contributed by atoms with Gasteiger partial charge in [-0.05, 0) is 37.6 Å². The minimum Gasteiger partial charge on any atom is -0.204 e. The number of benzene rings is 1. The zero-order valence-corrected chi connectivity index (χ0v) is 11.1. The van der Waals surface area contributed by atoms with Crippen LogP contribution in [0.3, 0.4) is 0 Å². The van der Waals surface area contributed by atoms with E-state index in [-0.39, 0.29) is 0 Å². The molecule has 0 saturated heterocycles. The lowest BCUT2D eigenvalue weighted by Gasteiger charge is -2.06. The summed E-state index contributed by atoms with van der Waals surface area (Å²) in [5.41, 5.74) is 1.82. The van der Waals surface area contributed by atoms with E-state index in [2.05, 4.69) is 16.3 Å². The zero-order valence-electron chi connectivity index (χ0n) is 10.2. The molecule has 0 aliphatic heterocycles. The van der Waals surface area contributed by atoms with E-state index < -0.39 is 11.6 Å². The van der Waals surface area contributed by atoms with Crippen molar-refractivity contribution in [3.8, 4) is 6.07 Å². The predicted octanol–water partition coefficient (Wildman–Crippen LogP) is 3.39. The van der Waals surface area contributed by atoms with Gasteiger partial charge in [-0.2, -0.15) is 10.4 Å². The Morgan fingerprint density at radius 3 is 2.53 bits per heavy atom. The minimum atomic E-state index is -0.930. The molecule has 96 valence electrons. The molecule has 2 aromatic rings. The number of nitriles is 1. The van der Waals surface area contributed by atoms with Gasteiger partial charge in [-0.15, -0.1) is 5.10 Å². The Labute approximate surface area is 113 Å². The fraction of sp³-hybridized carbons (Fsp3) is 0.154. The van der Waals surface area contributed by atoms with Crippen LogP contribution < -0.4 is 0 Å². The summed E-state index contributed by atoms with van der Waals surface area (Å²) in [6.07, 6.45) is 0. The van der Waals surface area contributed by atoms with Crippen molar-refractivity contribution in [2.75, 3.05) is 0 Å². The molecule has 3 nitrogen and oxygen atoms in total. The zero-order chi connectivity index (χ0) is 14.0. The third-order valence-corrected chi connectivity index (χ3v) is 3.61. The van der Waals surface area contributed by atoms with Gasteiger partial charge in [0, 0.05) is 4.90 Å². The standard InChI is InChI=1S/C13H9F2N3S/c1-7-8(2)17-18-13(10(7)6-16)19-9-3-4-11(14)12(15)5-9/h3-5H,1-2H3. The minimum absolute atomic E-state index is 0.386. The molecule has 0 atom stereocenters. The maximum atomic E-state index is 13.1. The predicted molar refractivity (Wildman–Crippen MR) is 66.7 cm³/mol. The highest BCUT2D eigenvalue weighted by Gasteiger charge is 2.13. The fourth-order valence-corrected chi connectivity index (χ4v) is 2.35. The smallest absolute Gasteiger partial charge is 0.159 e. The number of hydrogen-bond acceptors (Lipinski definition) is 4. The van der Waals surface area contributed by atoms with Crippen molar-refractivity contribution in [1.29, 1.82) is 5.26 Å². The average molecular weight is 277 g/mol. The molecule has 0 fully saturated rings. The van der Waals surface area contributed by atoms with Gasteiger partial charge >= 0.3 is 0 Å². The third kappa shape index (κ3) is 2.71. The summed E-state index contributed by atoms with van der Waals surface area (Å²) in [4.78, 5) is 0.466. The first-order valence-corrected chi connectivity index (χ1v) is 6.21. The summed E-state index contributed by atoms with van der Waals surface area (Å²) in [5, 5.41) is 17.4. The molecule has 0 bridgehead atoms. The molecule has 1 aromatic carbocycles. The second-order valence-electron chi connectivity index (χ2n) is 3.88. The van der Waals surface area contributed by atoms with Crippen LogP contribution in [0.5, 0.6) is 0 Å². The lowest BCUT2D eigenvalue weighted by atomic mass is 10.1. The Morgan fingerprint density at radius 2 is 1.89 bits per heavy atom. The van der Waals surface area contributed by atoms with Crippen LogP contribution in [0.4, 0.5) is 8.78 Å². The first-order valence-electron chi connectivity index (χ1n) is 5.40. The van der Waals surface area contributed by atoms with Crippen LogP contribution in [0.2, 0.25) is 0 Å². The van der Waals surface area contributed by atoms with Crippen LogP contribution >= 0.6 is 11.8 Å². The average Bonchev–Trinajstić information content (AvgIpc) is 2.39. The van der Waals surface area contributed by atoms with Crippen LogP contribution in [0.25, 0.3) is 0 Å². The van der Waals surface area contributed by atoms with Crippen LogP contribution in [0, 0.1) is 36.8 Å². The normalized spacial score (nSPS) is 10.3. The Morgan fingerprint density at radius 1 is 1.16 bits per heavy atom. The first-order chi connectivity index (χ1) is 9.02. The molecule has 0 amide bonds. The van der Waals surface area contributed by atoms with Gasteiger partial charge in [-0.25, -0.2) is 8.78 Å². The van der Waals surface area contributed by atoms with Crippen molar-refractivity contribution >= 4 is 11.8 Å². The molecule has 0 radical (unpaired) electrons. The van der Waals surface area contributed by atoms with E-state index in [1.54, 1.807) is 13.8 Å². The molecule has 0 saturated carbocycles. The van der Waals surface area contributed by atoms with E-state index in [9.17, 15) is 8.78 Å². The molecule has 0 unspecified atom stereocenters. The van der Waals surface area contributed by atoms with E-state index in [0.29, 0.717) is 21.2 Å². The van der Waals surface area contributed by atoms with E-state index in [0.717, 1.165) is 29.5 Å². The van der Waals surface area contributed by atoms with Crippen LogP contribution in [0.15, 0.2) is 28.1 Å². The summed E-state index contributed by atoms with van der Waals surface area (Å²) in [7, 11) is 0. The number of hydrogen-bond donors (Lipinski definition) is 0. The largest absolute Gasteiger partial charge is 0.204 e. The number of rotatable bonds is 2. The topological polar surface area (TPSA) is 49.6 Å². The van der Waals surface area contributed by atoms with Gasteiger partial charge in [0.05, 0.1) is 11.3 Å². The van der Waals surface area contributed by atoms with Crippen molar-refractivity contribution < 1.29 is 8.78 Å². The highest BCUT2D eigenvalue weighted by atomic mass is 32.2. The molecule has 0 N–H and O–H groups in total. The quantitative estimate of drug-likeness (QED) is 0.844. The monoisotopic (exact) mass is 277 g/mol. The van der Waals surface area contributed by atoms with Crippen LogP contribution in [-0.2, 0) is 0 Å². The molecule has 0 spiro atoms. The summed E-state index contributed by atoms with van der Waals surface area (Å²) in [6.45, 7) is 3.53. The molecule has 0 aliphatic rings. The van der Waals surface area contributed by atoms with Crippen molar-refractivity contribution in [3.63, 3.8) is 0 Å². The van der Waals surface area contributed by atoms with Crippen molar-refractivity contribution in [1.82, 2.24) is 10.2 Å². The van der Waals surface area contributed by atoms with E-state index in [4.69, 9.17) is 5.26 Å². The number of aryl methyl sites for hydroxylation is 1. The lowest BCUT2D eigenvalue weighted by molar-refractivity contribution is 0.506. The van der Waals surface area contributed by atoms with Crippen molar-refractivity contribution in [2.24, 2.45) is 0 Å². The number of halogens is 2. The Kier molecular flexibility index (Phi) is 3.76. The SMILES string of the molecule is Cc1nnc(Sc2ccc(F)c(F)c2)c(C#N)c1C. The molecule has 0 aliphatic carbocycles. The van der Waals surface area contributed by atoms with Crippen molar-refractivity contribution in [2.45, 2.75) is 23.8 Å². The van der Waals surface area contributed by atoms with E-state index in [1.165, 1.54) is 6.07 Å². The van der Waals surface area contributed by atoms with Crippen LogP contribution in [0.1, 0.15) is 16.8 Å². The van der Waals surface area contributed by atoms with E-state index >= 15 is 0 Å². The molecule has 1 heterocycles. The number of nitrogens with zero attached hydrogens (tertiary/aromatic N) is 3. The molecular weight excluding hydrogens is 268 g/mol. The molecular formula is C13H9F2N3S. The maximum absolute atomic E-state index is 13.1. The molecule has 6 heteroatoms. The Bertz CT molecular complexity index is 680. The lowest BCUT2D eigenvalue weighted by Crippen LogP contribution is -1.98. The third-order valence-electron chi connectivity index (χ3n) is 2.64. The highest BCUT2D eigenvalue weighted by molar-refractivity contribution is 7.99. The van der Waals surface area contributed by atoms with Gasteiger partial charge in [0.25, 0.3) is 0 Å². The second kappa shape index (κ2) is 5.33. The van der Waals surface area contributed by atoms with Crippen molar-refractivity contribution in [3.05, 3.63) is 46.7 Å². The second-order valence-corrected chi connectivity index (χ2v) is 4.94. The summed E-state index contributed by atoms with van der Waals surface area (Å²) >= 11 is 1.08. The first kappa shape index (κ1) is 13.4. The van der Waals surface area contributed by atoms with Crippen LogP contribution in [-0.4, -0.2) is 10.2 Å². The number of aromatic nitrogens is 2. The van der Waals surface area contributed by atoms with Gasteiger partial charge in [-0.3, -0.25) is 0 Å². The summed E-state index contributed by atoms with van der Waals surface area (Å²) in [5.74, 6) is -1.84. The summed E-state index contributed by atoms with van der Waals surface area (Å²) < 4.78 is 26.0. The van der Waals surface area contributed by atoms with Gasteiger partial charge in [0.1, 0.15) is 11.1 Å². The Hall–Kier alpha value is -2.00. The van der Waals surface area contributed by atoms with Gasteiger partial charge in [0.2, 0.25) is 0 Å². The van der Waals surface area contributed by atoms with Gasteiger partial charge < -0.3 is 0 Å². The van der Waals surface area contributed by atoms with E-state index in [1.807, 2.05) is 0 Å². The summed E-state index contributed by atoms with van der Waals surface area (Å²) in [6, 6.07) is 5.60.